The molecule has 0 radical (unpaired) electrons. The molecule has 0 aliphatic heterocycles. The summed E-state index contributed by atoms with van der Waals surface area (Å²) in [5.74, 6) is -2.66. The Morgan fingerprint density at radius 2 is 2.10 bits per heavy atom. The van der Waals surface area contributed by atoms with E-state index in [1.807, 2.05) is 0 Å². The zero-order valence-corrected chi connectivity index (χ0v) is 12.3. The topological polar surface area (TPSA) is 127 Å². The number of hydrogen-bond donors (Lipinski definition) is 3. The van der Waals surface area contributed by atoms with Crippen molar-refractivity contribution in [2.24, 2.45) is 5.73 Å². The lowest BCUT2D eigenvalue weighted by Crippen LogP contribution is -2.22. The molecule has 0 spiro atoms. The Labute approximate surface area is 119 Å². The van der Waals surface area contributed by atoms with Crippen molar-refractivity contribution in [3.05, 3.63) is 16.0 Å². The number of carbonyl (C=O) groups excluding carboxylic acids is 1. The van der Waals surface area contributed by atoms with Crippen molar-refractivity contribution in [2.75, 3.05) is 11.0 Å². The SMILES string of the molecule is CS(=O)(=O)Nc1sc2c(c1C(N)=O)C(C(=O)O)CCC2. The van der Waals surface area contributed by atoms with E-state index in [1.54, 1.807) is 0 Å². The summed E-state index contributed by atoms with van der Waals surface area (Å²) in [4.78, 5) is 23.6. The average molecular weight is 318 g/mol. The van der Waals surface area contributed by atoms with Crippen LogP contribution in [0.15, 0.2) is 0 Å². The van der Waals surface area contributed by atoms with E-state index in [0.29, 0.717) is 29.7 Å². The van der Waals surface area contributed by atoms with Crippen LogP contribution in [0.3, 0.4) is 0 Å². The quantitative estimate of drug-likeness (QED) is 0.754. The van der Waals surface area contributed by atoms with Crippen LogP contribution in [0.1, 0.15) is 39.6 Å². The molecule has 0 aromatic carbocycles. The first-order chi connectivity index (χ1) is 9.20. The maximum absolute atomic E-state index is 11.6. The number of rotatable bonds is 4. The number of aryl methyl sites for hydroxylation is 1. The van der Waals surface area contributed by atoms with E-state index in [9.17, 15) is 23.1 Å². The molecule has 1 aromatic rings. The van der Waals surface area contributed by atoms with Crippen LogP contribution < -0.4 is 10.5 Å². The van der Waals surface area contributed by atoms with Crippen molar-refractivity contribution in [3.8, 4) is 0 Å². The molecular formula is C11H14N2O5S2. The van der Waals surface area contributed by atoms with Crippen LogP contribution in [0.25, 0.3) is 0 Å². The van der Waals surface area contributed by atoms with Crippen molar-refractivity contribution in [3.63, 3.8) is 0 Å². The smallest absolute Gasteiger partial charge is 0.311 e. The Balaban J connectivity index is 2.62. The second-order valence-corrected chi connectivity index (χ2v) is 7.52. The number of anilines is 1. The molecule has 1 amide bonds. The van der Waals surface area contributed by atoms with Crippen LogP contribution in [0.2, 0.25) is 0 Å². The highest BCUT2D eigenvalue weighted by Gasteiger charge is 2.34. The third-order valence-electron chi connectivity index (χ3n) is 3.09. The van der Waals surface area contributed by atoms with Crippen LogP contribution in [-0.2, 0) is 21.2 Å². The number of carbonyl (C=O) groups is 2. The fraction of sp³-hybridized carbons (Fsp3) is 0.455. The Morgan fingerprint density at radius 3 is 2.60 bits per heavy atom. The van der Waals surface area contributed by atoms with Gasteiger partial charge in [-0.3, -0.25) is 14.3 Å². The van der Waals surface area contributed by atoms with Gasteiger partial charge in [0.25, 0.3) is 5.91 Å². The molecule has 4 N–H and O–H groups in total. The lowest BCUT2D eigenvalue weighted by molar-refractivity contribution is -0.139. The number of nitrogens with one attached hydrogen (secondary N) is 1. The molecule has 20 heavy (non-hydrogen) atoms. The average Bonchev–Trinajstić information content (AvgIpc) is 2.63. The summed E-state index contributed by atoms with van der Waals surface area (Å²) < 4.78 is 24.9. The molecule has 9 heteroatoms. The number of sulfonamides is 1. The summed E-state index contributed by atoms with van der Waals surface area (Å²) in [6, 6.07) is 0. The summed E-state index contributed by atoms with van der Waals surface area (Å²) in [5.41, 5.74) is 5.66. The molecule has 1 atom stereocenters. The van der Waals surface area contributed by atoms with Gasteiger partial charge in [0.2, 0.25) is 10.0 Å². The summed E-state index contributed by atoms with van der Waals surface area (Å²) in [7, 11) is -3.57. The van der Waals surface area contributed by atoms with Gasteiger partial charge in [-0.05, 0) is 24.8 Å². The highest BCUT2D eigenvalue weighted by Crippen LogP contribution is 2.43. The Hall–Kier alpha value is -1.61. The van der Waals surface area contributed by atoms with Gasteiger partial charge in [0.1, 0.15) is 5.00 Å². The van der Waals surface area contributed by atoms with Gasteiger partial charge in [-0.15, -0.1) is 11.3 Å². The molecule has 1 unspecified atom stereocenters. The van der Waals surface area contributed by atoms with Crippen LogP contribution >= 0.6 is 11.3 Å². The van der Waals surface area contributed by atoms with Gasteiger partial charge in [-0.25, -0.2) is 8.42 Å². The van der Waals surface area contributed by atoms with Gasteiger partial charge >= 0.3 is 5.97 Å². The van der Waals surface area contributed by atoms with Crippen molar-refractivity contribution >= 4 is 38.2 Å². The third-order valence-corrected chi connectivity index (χ3v) is 4.97. The van der Waals surface area contributed by atoms with Crippen molar-refractivity contribution in [2.45, 2.75) is 25.2 Å². The minimum Gasteiger partial charge on any atom is -0.481 e. The van der Waals surface area contributed by atoms with E-state index in [4.69, 9.17) is 5.73 Å². The lowest BCUT2D eigenvalue weighted by Gasteiger charge is -2.19. The van der Waals surface area contributed by atoms with Crippen LogP contribution in [0.4, 0.5) is 5.00 Å². The maximum atomic E-state index is 11.6. The molecule has 1 heterocycles. The fourth-order valence-corrected chi connectivity index (χ4v) is 4.61. The molecule has 0 fully saturated rings. The van der Waals surface area contributed by atoms with E-state index in [2.05, 4.69) is 4.72 Å². The molecule has 1 aliphatic carbocycles. The van der Waals surface area contributed by atoms with Gasteiger partial charge < -0.3 is 10.8 Å². The number of carboxylic acids is 1. The molecule has 1 aliphatic rings. The monoisotopic (exact) mass is 318 g/mol. The largest absolute Gasteiger partial charge is 0.481 e. The first-order valence-electron chi connectivity index (χ1n) is 5.86. The van der Waals surface area contributed by atoms with E-state index in [-0.39, 0.29) is 10.6 Å². The van der Waals surface area contributed by atoms with Gasteiger partial charge in [0, 0.05) is 4.88 Å². The van der Waals surface area contributed by atoms with Crippen molar-refractivity contribution in [1.82, 2.24) is 0 Å². The first kappa shape index (κ1) is 14.8. The molecule has 0 saturated heterocycles. The molecule has 1 aromatic heterocycles. The second-order valence-electron chi connectivity index (χ2n) is 4.66. The number of primary amides is 1. The molecular weight excluding hydrogens is 304 g/mol. The molecule has 2 rings (SSSR count). The fourth-order valence-electron chi connectivity index (χ4n) is 2.39. The van der Waals surface area contributed by atoms with Gasteiger partial charge in [-0.1, -0.05) is 0 Å². The molecule has 7 nitrogen and oxygen atoms in total. The Kier molecular flexibility index (Phi) is 3.74. The predicted octanol–water partition coefficient (Wildman–Crippen LogP) is 0.723. The van der Waals surface area contributed by atoms with Crippen LogP contribution in [0, 0.1) is 0 Å². The summed E-state index contributed by atoms with van der Waals surface area (Å²) >= 11 is 1.08. The highest BCUT2D eigenvalue weighted by molar-refractivity contribution is 7.92. The van der Waals surface area contributed by atoms with E-state index in [1.165, 1.54) is 0 Å². The number of thiophene rings is 1. The minimum absolute atomic E-state index is 0.0116. The predicted molar refractivity (Wildman–Crippen MR) is 74.6 cm³/mol. The van der Waals surface area contributed by atoms with Crippen molar-refractivity contribution in [1.29, 1.82) is 0 Å². The van der Waals surface area contributed by atoms with E-state index in [0.717, 1.165) is 17.6 Å². The van der Waals surface area contributed by atoms with Gasteiger partial charge in [0.05, 0.1) is 17.7 Å². The number of carboxylic acid groups (broad SMARTS) is 1. The van der Waals surface area contributed by atoms with Crippen LogP contribution in [0.5, 0.6) is 0 Å². The molecule has 0 bridgehead atoms. The second kappa shape index (κ2) is 5.06. The zero-order valence-electron chi connectivity index (χ0n) is 10.7. The minimum atomic E-state index is -3.57. The van der Waals surface area contributed by atoms with Crippen molar-refractivity contribution < 1.29 is 23.1 Å². The number of hydrogen-bond acceptors (Lipinski definition) is 5. The number of fused-ring (bicyclic) bond motifs is 1. The molecule has 110 valence electrons. The normalized spacial score (nSPS) is 18.4. The summed E-state index contributed by atoms with van der Waals surface area (Å²) in [6.45, 7) is 0. The highest BCUT2D eigenvalue weighted by atomic mass is 32.2. The third kappa shape index (κ3) is 2.78. The summed E-state index contributed by atoms with van der Waals surface area (Å²) in [6.07, 6.45) is 2.68. The standard InChI is InChI=1S/C11H14N2O5S2/c1-20(17,18)13-10-8(9(12)14)7-5(11(15)16)3-2-4-6(7)19-10/h5,13H,2-4H2,1H3,(H2,12,14)(H,15,16). The number of aliphatic carboxylic acids is 1. The van der Waals surface area contributed by atoms with Crippen LogP contribution in [-0.4, -0.2) is 31.7 Å². The Bertz CT molecular complexity index is 677. The zero-order chi connectivity index (χ0) is 15.1. The van der Waals surface area contributed by atoms with Gasteiger partial charge in [-0.2, -0.15) is 0 Å². The summed E-state index contributed by atoms with van der Waals surface area (Å²) in [5, 5.41) is 9.36. The molecule has 0 saturated carbocycles. The van der Waals surface area contributed by atoms with Gasteiger partial charge in [0.15, 0.2) is 0 Å². The van der Waals surface area contributed by atoms with E-state index < -0.39 is 27.8 Å². The number of nitrogens with two attached hydrogens (primary N) is 1. The van der Waals surface area contributed by atoms with E-state index >= 15 is 0 Å². The number of amides is 1. The Morgan fingerprint density at radius 1 is 1.45 bits per heavy atom. The maximum Gasteiger partial charge on any atom is 0.311 e. The first-order valence-corrected chi connectivity index (χ1v) is 8.57. The lowest BCUT2D eigenvalue weighted by atomic mass is 9.85.